The summed E-state index contributed by atoms with van der Waals surface area (Å²) < 4.78 is 5.39. The minimum atomic E-state index is -0.413. The highest BCUT2D eigenvalue weighted by Crippen LogP contribution is 2.26. The fraction of sp³-hybridized carbons (Fsp3) is 0.211. The van der Waals surface area contributed by atoms with E-state index >= 15 is 0 Å². The van der Waals surface area contributed by atoms with Gasteiger partial charge in [0.25, 0.3) is 0 Å². The average Bonchev–Trinajstić information content (AvgIpc) is 3.40. The Balaban J connectivity index is 1.41. The van der Waals surface area contributed by atoms with Crippen LogP contribution in [0.25, 0.3) is 10.6 Å². The Morgan fingerprint density at radius 3 is 2.96 bits per heavy atom. The molecule has 1 fully saturated rings. The molecule has 1 aliphatic heterocycles. The standard InChI is InChI=1S/C19H16N2O3S2/c22-17-5-2-7-21(17)16-4-1-3-13(9-16)19(23)24-10-15-12-26-18(20-15)14-6-8-25-11-14/h1,3-4,6,8-9,11-12H,2,5,7,10H2. The van der Waals surface area contributed by atoms with Crippen molar-refractivity contribution >= 4 is 40.2 Å². The van der Waals surface area contributed by atoms with Crippen LogP contribution in [0.5, 0.6) is 0 Å². The third-order valence-corrected chi connectivity index (χ3v) is 5.76. The maximum absolute atomic E-state index is 12.4. The van der Waals surface area contributed by atoms with E-state index in [2.05, 4.69) is 4.98 Å². The second-order valence-corrected chi connectivity index (χ2v) is 7.57. The Morgan fingerprint density at radius 2 is 2.19 bits per heavy atom. The monoisotopic (exact) mass is 384 g/mol. The van der Waals surface area contributed by atoms with Gasteiger partial charge >= 0.3 is 5.97 Å². The molecule has 1 saturated heterocycles. The molecule has 5 nitrogen and oxygen atoms in total. The van der Waals surface area contributed by atoms with Crippen LogP contribution in [-0.4, -0.2) is 23.4 Å². The topological polar surface area (TPSA) is 59.5 Å². The number of hydrogen-bond acceptors (Lipinski definition) is 6. The fourth-order valence-electron chi connectivity index (χ4n) is 2.84. The SMILES string of the molecule is O=C(OCc1csc(-c2ccsc2)n1)c1cccc(N2CCCC2=O)c1. The van der Waals surface area contributed by atoms with Gasteiger partial charge in [-0.2, -0.15) is 11.3 Å². The van der Waals surface area contributed by atoms with Gasteiger partial charge in [0.1, 0.15) is 11.6 Å². The first kappa shape index (κ1) is 16.9. The molecule has 0 bridgehead atoms. The average molecular weight is 384 g/mol. The lowest BCUT2D eigenvalue weighted by Gasteiger charge is -2.16. The molecule has 3 heterocycles. The van der Waals surface area contributed by atoms with E-state index in [-0.39, 0.29) is 12.5 Å². The van der Waals surface area contributed by atoms with E-state index in [4.69, 9.17) is 4.74 Å². The van der Waals surface area contributed by atoms with Gasteiger partial charge in [0.2, 0.25) is 5.91 Å². The summed E-state index contributed by atoms with van der Waals surface area (Å²) >= 11 is 3.16. The highest BCUT2D eigenvalue weighted by molar-refractivity contribution is 7.14. The highest BCUT2D eigenvalue weighted by Gasteiger charge is 2.22. The largest absolute Gasteiger partial charge is 0.456 e. The number of hydrogen-bond donors (Lipinski definition) is 0. The van der Waals surface area contributed by atoms with Crippen LogP contribution in [-0.2, 0) is 16.1 Å². The smallest absolute Gasteiger partial charge is 0.338 e. The van der Waals surface area contributed by atoms with Crippen molar-refractivity contribution in [1.29, 1.82) is 0 Å². The van der Waals surface area contributed by atoms with Crippen LogP contribution in [0.4, 0.5) is 5.69 Å². The Kier molecular flexibility index (Phi) is 4.81. The molecule has 0 aliphatic carbocycles. The second kappa shape index (κ2) is 7.39. The van der Waals surface area contributed by atoms with Gasteiger partial charge in [-0.05, 0) is 36.1 Å². The van der Waals surface area contributed by atoms with Gasteiger partial charge in [0.15, 0.2) is 0 Å². The minimum Gasteiger partial charge on any atom is -0.456 e. The Labute approximate surface area is 158 Å². The highest BCUT2D eigenvalue weighted by atomic mass is 32.1. The lowest BCUT2D eigenvalue weighted by atomic mass is 10.2. The van der Waals surface area contributed by atoms with Gasteiger partial charge in [-0.3, -0.25) is 4.79 Å². The number of ether oxygens (including phenoxy) is 1. The normalized spacial score (nSPS) is 14.0. The van der Waals surface area contributed by atoms with Crippen molar-refractivity contribution in [2.24, 2.45) is 0 Å². The molecule has 0 unspecified atom stereocenters. The van der Waals surface area contributed by atoms with Crippen molar-refractivity contribution in [2.75, 3.05) is 11.4 Å². The summed E-state index contributed by atoms with van der Waals surface area (Å²) in [5.41, 5.74) is 3.00. The van der Waals surface area contributed by atoms with E-state index in [0.29, 0.717) is 18.5 Å². The molecule has 0 atom stereocenters. The maximum atomic E-state index is 12.4. The predicted octanol–water partition coefficient (Wildman–Crippen LogP) is 4.36. The van der Waals surface area contributed by atoms with Crippen molar-refractivity contribution in [3.8, 4) is 10.6 Å². The number of aromatic nitrogens is 1. The molecule has 2 aromatic heterocycles. The van der Waals surface area contributed by atoms with Crippen molar-refractivity contribution in [3.63, 3.8) is 0 Å². The molecule has 0 radical (unpaired) electrons. The molecule has 1 amide bonds. The molecule has 0 N–H and O–H groups in total. The number of carbonyl (C=O) groups excluding carboxylic acids is 2. The number of thiazole rings is 1. The summed E-state index contributed by atoms with van der Waals surface area (Å²) in [5.74, 6) is -0.317. The first-order valence-corrected chi connectivity index (χ1v) is 10.1. The Morgan fingerprint density at radius 1 is 1.27 bits per heavy atom. The summed E-state index contributed by atoms with van der Waals surface area (Å²) in [6.07, 6.45) is 1.41. The van der Waals surface area contributed by atoms with Crippen LogP contribution in [0, 0.1) is 0 Å². The first-order chi connectivity index (χ1) is 12.7. The zero-order valence-electron chi connectivity index (χ0n) is 13.9. The molecule has 4 rings (SSSR count). The summed E-state index contributed by atoms with van der Waals surface area (Å²) in [6, 6.07) is 9.04. The minimum absolute atomic E-state index is 0.0963. The first-order valence-electron chi connectivity index (χ1n) is 8.25. The zero-order valence-corrected chi connectivity index (χ0v) is 15.5. The van der Waals surface area contributed by atoms with E-state index in [0.717, 1.165) is 28.4 Å². The molecule has 7 heteroatoms. The zero-order chi connectivity index (χ0) is 17.9. The van der Waals surface area contributed by atoms with Crippen molar-refractivity contribution < 1.29 is 14.3 Å². The summed E-state index contributed by atoms with van der Waals surface area (Å²) in [5, 5.41) is 6.88. The van der Waals surface area contributed by atoms with Crippen LogP contribution in [0.15, 0.2) is 46.5 Å². The molecule has 0 spiro atoms. The van der Waals surface area contributed by atoms with Crippen molar-refractivity contribution in [2.45, 2.75) is 19.4 Å². The van der Waals surface area contributed by atoms with E-state index in [1.807, 2.05) is 28.3 Å². The number of anilines is 1. The number of rotatable bonds is 5. The van der Waals surface area contributed by atoms with Crippen LogP contribution in [0.3, 0.4) is 0 Å². The third-order valence-electron chi connectivity index (χ3n) is 4.14. The molecule has 132 valence electrons. The summed E-state index contributed by atoms with van der Waals surface area (Å²) in [6.45, 7) is 0.827. The molecular weight excluding hydrogens is 368 g/mol. The molecule has 3 aromatic rings. The van der Waals surface area contributed by atoms with Gasteiger partial charge < -0.3 is 9.64 Å². The van der Waals surface area contributed by atoms with E-state index in [1.54, 1.807) is 34.4 Å². The summed E-state index contributed by atoms with van der Waals surface area (Å²) in [4.78, 5) is 30.4. The molecule has 0 saturated carbocycles. The van der Waals surface area contributed by atoms with Crippen LogP contribution in [0.2, 0.25) is 0 Å². The van der Waals surface area contributed by atoms with Crippen molar-refractivity contribution in [3.05, 3.63) is 57.7 Å². The van der Waals surface area contributed by atoms with Gasteiger partial charge in [-0.1, -0.05) is 6.07 Å². The summed E-state index contributed by atoms with van der Waals surface area (Å²) in [7, 11) is 0. The van der Waals surface area contributed by atoms with E-state index < -0.39 is 5.97 Å². The fourth-order valence-corrected chi connectivity index (χ4v) is 4.35. The number of amides is 1. The molecule has 1 aliphatic rings. The Bertz CT molecular complexity index is 934. The van der Waals surface area contributed by atoms with Gasteiger partial charge in [0, 0.05) is 35.0 Å². The van der Waals surface area contributed by atoms with Crippen LogP contribution in [0.1, 0.15) is 28.9 Å². The quantitative estimate of drug-likeness (QED) is 0.614. The number of esters is 1. The van der Waals surface area contributed by atoms with Gasteiger partial charge in [-0.15, -0.1) is 11.3 Å². The maximum Gasteiger partial charge on any atom is 0.338 e. The lowest BCUT2D eigenvalue weighted by molar-refractivity contribution is -0.117. The molecular formula is C19H16N2O3S2. The van der Waals surface area contributed by atoms with Gasteiger partial charge in [0.05, 0.1) is 11.3 Å². The van der Waals surface area contributed by atoms with Gasteiger partial charge in [-0.25, -0.2) is 9.78 Å². The second-order valence-electron chi connectivity index (χ2n) is 5.93. The number of nitrogens with zero attached hydrogens (tertiary/aromatic N) is 2. The molecule has 26 heavy (non-hydrogen) atoms. The van der Waals surface area contributed by atoms with E-state index in [1.165, 1.54) is 11.3 Å². The number of benzene rings is 1. The predicted molar refractivity (Wildman–Crippen MR) is 103 cm³/mol. The third kappa shape index (κ3) is 3.54. The van der Waals surface area contributed by atoms with E-state index in [9.17, 15) is 9.59 Å². The number of carbonyl (C=O) groups is 2. The Hall–Kier alpha value is -2.51. The van der Waals surface area contributed by atoms with Crippen molar-refractivity contribution in [1.82, 2.24) is 4.98 Å². The van der Waals surface area contributed by atoms with Crippen LogP contribution >= 0.6 is 22.7 Å². The lowest BCUT2D eigenvalue weighted by Crippen LogP contribution is -2.23. The van der Waals surface area contributed by atoms with Crippen LogP contribution < -0.4 is 4.90 Å². The number of thiophene rings is 1. The molecule has 1 aromatic carbocycles.